The van der Waals surface area contributed by atoms with E-state index in [4.69, 9.17) is 4.74 Å². The average Bonchev–Trinajstić information content (AvgIpc) is 2.91. The van der Waals surface area contributed by atoms with Crippen LogP contribution in [-0.4, -0.2) is 52.5 Å². The van der Waals surface area contributed by atoms with Crippen LogP contribution in [0.25, 0.3) is 0 Å². The van der Waals surface area contributed by atoms with E-state index in [1.54, 1.807) is 25.3 Å². The summed E-state index contributed by atoms with van der Waals surface area (Å²) in [6, 6.07) is 13.4. The molecule has 0 aliphatic carbocycles. The van der Waals surface area contributed by atoms with Gasteiger partial charge in [0.25, 0.3) is 5.91 Å². The molecular weight excluding hydrogens is 440 g/mol. The van der Waals surface area contributed by atoms with E-state index >= 15 is 0 Å². The van der Waals surface area contributed by atoms with Crippen LogP contribution in [0.2, 0.25) is 0 Å². The van der Waals surface area contributed by atoms with Crippen molar-refractivity contribution in [3.05, 3.63) is 64.1 Å². The van der Waals surface area contributed by atoms with Gasteiger partial charge in [-0.15, -0.1) is 0 Å². The maximum atomic E-state index is 12.9. The number of methoxy groups -OCH3 is 1. The summed E-state index contributed by atoms with van der Waals surface area (Å²) in [5.41, 5.74) is 1.76. The fourth-order valence-electron chi connectivity index (χ4n) is 3.33. The lowest BCUT2D eigenvalue weighted by Gasteiger charge is -2.21. The van der Waals surface area contributed by atoms with Gasteiger partial charge in [-0.1, -0.05) is 36.4 Å². The second kappa shape index (κ2) is 9.09. The minimum atomic E-state index is -1.12. The van der Waals surface area contributed by atoms with Gasteiger partial charge in [0.2, 0.25) is 0 Å². The molecule has 1 atom stereocenters. The highest BCUT2D eigenvalue weighted by Crippen LogP contribution is 2.28. The third kappa shape index (κ3) is 4.76. The van der Waals surface area contributed by atoms with Gasteiger partial charge in [0.1, 0.15) is 11.8 Å². The monoisotopic (exact) mass is 460 g/mol. The van der Waals surface area contributed by atoms with Gasteiger partial charge in [0.05, 0.1) is 18.0 Å². The highest BCUT2D eigenvalue weighted by atomic mass is 79.9. The Labute approximate surface area is 177 Å². The van der Waals surface area contributed by atoms with Gasteiger partial charge in [0.15, 0.2) is 0 Å². The number of imide groups is 1. The first-order chi connectivity index (χ1) is 13.9. The third-order valence-electron chi connectivity index (χ3n) is 4.81. The number of hydrogen-bond donors (Lipinski definition) is 1. The Balaban J connectivity index is 1.79. The number of rotatable bonds is 8. The number of urea groups is 1. The quantitative estimate of drug-likeness (QED) is 0.610. The molecule has 7 nitrogen and oxygen atoms in total. The van der Waals surface area contributed by atoms with E-state index in [1.165, 1.54) is 4.90 Å². The standard InChI is InChI=1S/C21H21BrN2O5/c1-29-18-8-7-15(11-16(18)22)13-24-17(12-19(25)26)20(27)23(21(24)28)10-9-14-5-3-2-4-6-14/h2-8,11,17H,9-10,12-13H2,1H3,(H,25,26)/t17-/m0/s1. The minimum Gasteiger partial charge on any atom is -0.496 e. The molecular formula is C21H21BrN2O5. The Bertz CT molecular complexity index is 919. The number of carboxylic acid groups (broad SMARTS) is 1. The maximum Gasteiger partial charge on any atom is 0.327 e. The second-order valence-corrected chi connectivity index (χ2v) is 7.57. The molecule has 0 unspecified atom stereocenters. The predicted octanol–water partition coefficient (Wildman–Crippen LogP) is 3.31. The van der Waals surface area contributed by atoms with Crippen LogP contribution in [0.3, 0.4) is 0 Å². The van der Waals surface area contributed by atoms with Crippen molar-refractivity contribution < 1.29 is 24.2 Å². The molecule has 3 rings (SSSR count). The molecule has 0 radical (unpaired) electrons. The molecule has 1 aliphatic heterocycles. The van der Waals surface area contributed by atoms with Crippen molar-refractivity contribution in [1.82, 2.24) is 9.80 Å². The van der Waals surface area contributed by atoms with Crippen LogP contribution in [-0.2, 0) is 22.6 Å². The zero-order chi connectivity index (χ0) is 21.0. The lowest BCUT2D eigenvalue weighted by Crippen LogP contribution is -2.36. The average molecular weight is 461 g/mol. The molecule has 0 spiro atoms. The van der Waals surface area contributed by atoms with E-state index in [0.717, 1.165) is 16.0 Å². The number of nitrogens with zero attached hydrogens (tertiary/aromatic N) is 2. The number of carboxylic acids is 1. The number of halogens is 1. The molecule has 1 aliphatic rings. The number of carbonyl (C=O) groups excluding carboxylic acids is 2. The molecule has 8 heteroatoms. The molecule has 29 heavy (non-hydrogen) atoms. The first kappa shape index (κ1) is 20.9. The zero-order valence-corrected chi connectivity index (χ0v) is 17.5. The SMILES string of the molecule is COc1ccc(CN2C(=O)N(CCc3ccccc3)C(=O)[C@@H]2CC(=O)O)cc1Br. The number of hydrogen-bond acceptors (Lipinski definition) is 4. The molecule has 3 amide bonds. The molecule has 1 heterocycles. The van der Waals surface area contributed by atoms with Crippen LogP contribution < -0.4 is 4.74 Å². The van der Waals surface area contributed by atoms with Crippen molar-refractivity contribution in [2.24, 2.45) is 0 Å². The topological polar surface area (TPSA) is 87.2 Å². The number of carbonyl (C=O) groups is 3. The molecule has 2 aromatic carbocycles. The normalized spacial score (nSPS) is 16.4. The maximum absolute atomic E-state index is 12.9. The Kier molecular flexibility index (Phi) is 6.53. The number of ether oxygens (including phenoxy) is 1. The lowest BCUT2D eigenvalue weighted by molar-refractivity contribution is -0.141. The summed E-state index contributed by atoms with van der Waals surface area (Å²) in [5.74, 6) is -0.952. The van der Waals surface area contributed by atoms with E-state index in [1.807, 2.05) is 30.3 Å². The van der Waals surface area contributed by atoms with Gasteiger partial charge < -0.3 is 14.7 Å². The zero-order valence-electron chi connectivity index (χ0n) is 15.9. The van der Waals surface area contributed by atoms with Crippen LogP contribution in [0.4, 0.5) is 4.79 Å². The summed E-state index contributed by atoms with van der Waals surface area (Å²) < 4.78 is 5.92. The van der Waals surface area contributed by atoms with Crippen LogP contribution in [0.1, 0.15) is 17.5 Å². The van der Waals surface area contributed by atoms with Crippen molar-refractivity contribution in [3.8, 4) is 5.75 Å². The molecule has 0 bridgehead atoms. The molecule has 2 aromatic rings. The van der Waals surface area contributed by atoms with Crippen molar-refractivity contribution in [2.45, 2.75) is 25.4 Å². The molecule has 1 fully saturated rings. The highest BCUT2D eigenvalue weighted by molar-refractivity contribution is 9.10. The van der Waals surface area contributed by atoms with E-state index in [9.17, 15) is 19.5 Å². The van der Waals surface area contributed by atoms with Crippen molar-refractivity contribution in [3.63, 3.8) is 0 Å². The third-order valence-corrected chi connectivity index (χ3v) is 5.43. The van der Waals surface area contributed by atoms with E-state index < -0.39 is 30.4 Å². The summed E-state index contributed by atoms with van der Waals surface area (Å²) in [4.78, 5) is 39.5. The van der Waals surface area contributed by atoms with Gasteiger partial charge in [-0.2, -0.15) is 0 Å². The summed E-state index contributed by atoms with van der Waals surface area (Å²) in [6.45, 7) is 0.341. The Hall–Kier alpha value is -2.87. The van der Waals surface area contributed by atoms with Crippen molar-refractivity contribution in [1.29, 1.82) is 0 Å². The minimum absolute atomic E-state index is 0.132. The van der Waals surface area contributed by atoms with Crippen LogP contribution in [0.5, 0.6) is 5.75 Å². The molecule has 1 saturated heterocycles. The fraction of sp³-hybridized carbons (Fsp3) is 0.286. The van der Waals surface area contributed by atoms with Gasteiger partial charge in [-0.05, 0) is 45.6 Å². The summed E-state index contributed by atoms with van der Waals surface area (Å²) >= 11 is 3.40. The molecule has 1 N–H and O–H groups in total. The summed E-state index contributed by atoms with van der Waals surface area (Å²) in [7, 11) is 1.55. The molecule has 0 saturated carbocycles. The van der Waals surface area contributed by atoms with Crippen LogP contribution >= 0.6 is 15.9 Å². The van der Waals surface area contributed by atoms with Gasteiger partial charge >= 0.3 is 12.0 Å². The highest BCUT2D eigenvalue weighted by Gasteiger charge is 2.45. The van der Waals surface area contributed by atoms with Crippen molar-refractivity contribution in [2.75, 3.05) is 13.7 Å². The Morgan fingerprint density at radius 3 is 2.48 bits per heavy atom. The van der Waals surface area contributed by atoms with Crippen LogP contribution in [0, 0.1) is 0 Å². The first-order valence-corrected chi connectivity index (χ1v) is 9.90. The van der Waals surface area contributed by atoms with Crippen molar-refractivity contribution >= 4 is 33.8 Å². The smallest absolute Gasteiger partial charge is 0.327 e. The molecule has 152 valence electrons. The van der Waals surface area contributed by atoms with Crippen LogP contribution in [0.15, 0.2) is 53.0 Å². The Morgan fingerprint density at radius 2 is 1.86 bits per heavy atom. The summed E-state index contributed by atoms with van der Waals surface area (Å²) in [6.07, 6.45) is 0.0871. The second-order valence-electron chi connectivity index (χ2n) is 6.72. The predicted molar refractivity (Wildman–Crippen MR) is 110 cm³/mol. The largest absolute Gasteiger partial charge is 0.496 e. The van der Waals surface area contributed by atoms with Gasteiger partial charge in [0, 0.05) is 13.1 Å². The van der Waals surface area contributed by atoms with Gasteiger partial charge in [-0.25, -0.2) is 4.79 Å². The fourth-order valence-corrected chi connectivity index (χ4v) is 3.92. The van der Waals surface area contributed by atoms with E-state index in [-0.39, 0.29) is 13.1 Å². The number of aliphatic carboxylic acids is 1. The lowest BCUT2D eigenvalue weighted by atomic mass is 10.1. The first-order valence-electron chi connectivity index (χ1n) is 9.11. The molecule has 0 aromatic heterocycles. The van der Waals surface area contributed by atoms with E-state index in [2.05, 4.69) is 15.9 Å². The number of benzene rings is 2. The summed E-state index contributed by atoms with van der Waals surface area (Å²) in [5, 5.41) is 9.24. The van der Waals surface area contributed by atoms with E-state index in [0.29, 0.717) is 16.6 Å². The van der Waals surface area contributed by atoms with Gasteiger partial charge in [-0.3, -0.25) is 14.5 Å². The Morgan fingerprint density at radius 1 is 1.14 bits per heavy atom. The number of amides is 3.